The fraction of sp³-hybridized carbons (Fsp3) is 1.00. The molecule has 0 unspecified atom stereocenters. The van der Waals surface area contributed by atoms with Crippen LogP contribution >= 0.6 is 0 Å². The van der Waals surface area contributed by atoms with Gasteiger partial charge in [-0.05, 0) is 0 Å². The second kappa shape index (κ2) is 4.30. The smallest absolute Gasteiger partial charge is 0.380 e. The van der Waals surface area contributed by atoms with E-state index in [9.17, 15) is 20.2 Å². The third-order valence-electron chi connectivity index (χ3n) is 2.51. The molecule has 0 aromatic rings. The predicted octanol–water partition coefficient (Wildman–Crippen LogP) is 0.309. The van der Waals surface area contributed by atoms with Gasteiger partial charge >= 0.3 is 5.66 Å². The summed E-state index contributed by atoms with van der Waals surface area (Å²) < 4.78 is 10.0. The van der Waals surface area contributed by atoms with E-state index in [2.05, 4.69) is 0 Å². The highest BCUT2D eigenvalue weighted by Gasteiger charge is 2.51. The molecule has 0 spiro atoms. The van der Waals surface area contributed by atoms with Gasteiger partial charge in [-0.2, -0.15) is 0 Å². The molecule has 8 heteroatoms. The van der Waals surface area contributed by atoms with Crippen LogP contribution in [0.1, 0.15) is 13.8 Å². The Morgan fingerprint density at radius 1 is 1.38 bits per heavy atom. The Morgan fingerprint density at radius 3 is 2.19 bits per heavy atom. The van der Waals surface area contributed by atoms with Gasteiger partial charge in [-0.25, -0.2) is 0 Å². The summed E-state index contributed by atoms with van der Waals surface area (Å²) in [6, 6.07) is 0. The quantitative estimate of drug-likeness (QED) is 0.372. The minimum Gasteiger partial charge on any atom is -0.380 e. The second-order valence-electron chi connectivity index (χ2n) is 4.53. The number of ether oxygens (including phenoxy) is 2. The Labute approximate surface area is 91.8 Å². The number of hydrogen-bond acceptors (Lipinski definition) is 6. The lowest BCUT2D eigenvalue weighted by atomic mass is 9.90. The van der Waals surface area contributed by atoms with E-state index in [-0.39, 0.29) is 12.0 Å². The molecule has 92 valence electrons. The maximum absolute atomic E-state index is 10.6. The molecule has 1 heterocycles. The summed E-state index contributed by atoms with van der Waals surface area (Å²) in [6.07, 6.45) is 0. The van der Waals surface area contributed by atoms with Crippen LogP contribution in [-0.4, -0.2) is 41.9 Å². The Balaban J connectivity index is 2.45. The first kappa shape index (κ1) is 12.8. The van der Waals surface area contributed by atoms with Gasteiger partial charge in [-0.1, -0.05) is 6.92 Å². The lowest BCUT2D eigenvalue weighted by Gasteiger charge is -2.37. The highest BCUT2D eigenvalue weighted by Crippen LogP contribution is 2.27. The summed E-state index contributed by atoms with van der Waals surface area (Å²) in [7, 11) is 0. The topological polar surface area (TPSA) is 105 Å². The zero-order chi connectivity index (χ0) is 12.4. The van der Waals surface area contributed by atoms with Crippen LogP contribution in [0, 0.1) is 25.6 Å². The summed E-state index contributed by atoms with van der Waals surface area (Å²) in [5, 5.41) is 21.1. The van der Waals surface area contributed by atoms with Crippen molar-refractivity contribution in [3.63, 3.8) is 0 Å². The van der Waals surface area contributed by atoms with Gasteiger partial charge in [0.05, 0.1) is 26.7 Å². The van der Waals surface area contributed by atoms with E-state index in [1.165, 1.54) is 0 Å². The first-order valence-electron chi connectivity index (χ1n) is 4.75. The summed E-state index contributed by atoms with van der Waals surface area (Å²) >= 11 is 0. The summed E-state index contributed by atoms with van der Waals surface area (Å²) in [6.45, 7) is 3.55. The molecule has 1 aliphatic heterocycles. The van der Waals surface area contributed by atoms with Gasteiger partial charge in [-0.3, -0.25) is 20.2 Å². The molecule has 1 rings (SSSR count). The van der Waals surface area contributed by atoms with Crippen molar-refractivity contribution in [1.29, 1.82) is 0 Å². The van der Waals surface area contributed by atoms with Crippen molar-refractivity contribution in [1.82, 2.24) is 0 Å². The highest BCUT2D eigenvalue weighted by molar-refractivity contribution is 4.80. The molecule has 0 radical (unpaired) electrons. The van der Waals surface area contributed by atoms with Crippen LogP contribution in [0.5, 0.6) is 0 Å². The molecule has 0 bridgehead atoms. The number of nitro groups is 2. The molecule has 8 nitrogen and oxygen atoms in total. The Bertz CT molecular complexity index is 287. The largest absolute Gasteiger partial charge is 0.478 e. The van der Waals surface area contributed by atoms with E-state index >= 15 is 0 Å². The molecule has 0 aromatic carbocycles. The molecule has 1 fully saturated rings. The number of nitrogens with zero attached hydrogens (tertiary/aromatic N) is 2. The van der Waals surface area contributed by atoms with Crippen molar-refractivity contribution in [3.8, 4) is 0 Å². The summed E-state index contributed by atoms with van der Waals surface area (Å²) in [5.74, 6) is 0. The molecule has 0 atom stereocenters. The molecule has 0 aromatic heterocycles. The van der Waals surface area contributed by atoms with Crippen LogP contribution in [0.4, 0.5) is 0 Å². The Hall–Kier alpha value is -1.28. The van der Waals surface area contributed by atoms with E-state index in [0.717, 1.165) is 6.92 Å². The third kappa shape index (κ3) is 2.45. The first-order chi connectivity index (χ1) is 7.30. The SMILES string of the molecule is CC1(COCC(C)([N+](=O)[O-])[N+](=O)[O-])COC1. The standard InChI is InChI=1S/C8H14N2O6/c1-7(3-15-4-7)5-16-6-8(2,9(11)12)10(13)14/h3-6H2,1-2H3. The fourth-order valence-corrected chi connectivity index (χ4v) is 1.20. The maximum Gasteiger partial charge on any atom is 0.478 e. The van der Waals surface area contributed by atoms with Crippen molar-refractivity contribution in [2.45, 2.75) is 19.5 Å². The van der Waals surface area contributed by atoms with Crippen molar-refractivity contribution < 1.29 is 19.3 Å². The second-order valence-corrected chi connectivity index (χ2v) is 4.53. The van der Waals surface area contributed by atoms with E-state index < -0.39 is 22.1 Å². The van der Waals surface area contributed by atoms with E-state index in [0.29, 0.717) is 13.2 Å². The zero-order valence-corrected chi connectivity index (χ0v) is 9.17. The van der Waals surface area contributed by atoms with Crippen LogP contribution in [0.15, 0.2) is 0 Å². The van der Waals surface area contributed by atoms with Gasteiger partial charge in [0.2, 0.25) is 0 Å². The average Bonchev–Trinajstić information content (AvgIpc) is 2.14. The molecule has 1 saturated heterocycles. The predicted molar refractivity (Wildman–Crippen MR) is 52.1 cm³/mol. The lowest BCUT2D eigenvalue weighted by Crippen LogP contribution is -2.50. The van der Waals surface area contributed by atoms with Crippen LogP contribution < -0.4 is 0 Å². The highest BCUT2D eigenvalue weighted by atomic mass is 16.7. The number of rotatable bonds is 6. The summed E-state index contributed by atoms with van der Waals surface area (Å²) in [4.78, 5) is 19.2. The van der Waals surface area contributed by atoms with Gasteiger partial charge in [0.1, 0.15) is 9.85 Å². The normalized spacial score (nSPS) is 18.9. The monoisotopic (exact) mass is 234 g/mol. The van der Waals surface area contributed by atoms with Crippen LogP contribution in [0.3, 0.4) is 0 Å². The van der Waals surface area contributed by atoms with E-state index in [1.54, 1.807) is 0 Å². The van der Waals surface area contributed by atoms with Gasteiger partial charge in [0.15, 0.2) is 6.61 Å². The van der Waals surface area contributed by atoms with Gasteiger partial charge < -0.3 is 9.47 Å². The minimum atomic E-state index is -2.28. The molecular formula is C8H14N2O6. The van der Waals surface area contributed by atoms with Gasteiger partial charge in [-0.15, -0.1) is 0 Å². The molecule has 0 saturated carbocycles. The molecule has 16 heavy (non-hydrogen) atoms. The van der Waals surface area contributed by atoms with Gasteiger partial charge in [0.25, 0.3) is 0 Å². The van der Waals surface area contributed by atoms with E-state index in [4.69, 9.17) is 9.47 Å². The maximum atomic E-state index is 10.6. The van der Waals surface area contributed by atoms with E-state index in [1.807, 2.05) is 6.92 Å². The van der Waals surface area contributed by atoms with Crippen LogP contribution in [0.25, 0.3) is 0 Å². The summed E-state index contributed by atoms with van der Waals surface area (Å²) in [5.41, 5.74) is -2.45. The minimum absolute atomic E-state index is 0.173. The fourth-order valence-electron chi connectivity index (χ4n) is 1.20. The lowest BCUT2D eigenvalue weighted by molar-refractivity contribution is -0.794. The Kier molecular flexibility index (Phi) is 3.44. The van der Waals surface area contributed by atoms with Crippen molar-refractivity contribution in [3.05, 3.63) is 20.2 Å². The molecule has 0 amide bonds. The average molecular weight is 234 g/mol. The first-order valence-corrected chi connectivity index (χ1v) is 4.75. The molecule has 0 aliphatic carbocycles. The third-order valence-corrected chi connectivity index (χ3v) is 2.51. The van der Waals surface area contributed by atoms with Crippen LogP contribution in [0.2, 0.25) is 0 Å². The number of hydrogen-bond donors (Lipinski definition) is 0. The molecule has 1 aliphatic rings. The van der Waals surface area contributed by atoms with Crippen LogP contribution in [-0.2, 0) is 9.47 Å². The molecule has 0 N–H and O–H groups in total. The van der Waals surface area contributed by atoms with Crippen molar-refractivity contribution >= 4 is 0 Å². The van der Waals surface area contributed by atoms with Crippen molar-refractivity contribution in [2.75, 3.05) is 26.4 Å². The Morgan fingerprint density at radius 2 is 1.88 bits per heavy atom. The van der Waals surface area contributed by atoms with Crippen molar-refractivity contribution in [2.24, 2.45) is 5.41 Å². The molecular weight excluding hydrogens is 220 g/mol. The van der Waals surface area contributed by atoms with Gasteiger partial charge in [0, 0.05) is 5.41 Å². The zero-order valence-electron chi connectivity index (χ0n) is 9.17.